The summed E-state index contributed by atoms with van der Waals surface area (Å²) in [7, 11) is 0. The van der Waals surface area contributed by atoms with Gasteiger partial charge in [-0.15, -0.1) is 0 Å². The third kappa shape index (κ3) is 5.99. The lowest BCUT2D eigenvalue weighted by molar-refractivity contribution is 0.0635. The number of ether oxygens (including phenoxy) is 1. The number of hydrogen-bond acceptors (Lipinski definition) is 5. The predicted molar refractivity (Wildman–Crippen MR) is 100 cm³/mol. The molecular formula is C18H29N3O3S. The van der Waals surface area contributed by atoms with Gasteiger partial charge in [0.25, 0.3) is 5.91 Å². The zero-order chi connectivity index (χ0) is 18.4. The molecule has 0 radical (unpaired) electrons. The van der Waals surface area contributed by atoms with Crippen LogP contribution in [0.3, 0.4) is 0 Å². The first-order chi connectivity index (χ1) is 11.8. The Morgan fingerprint density at radius 2 is 1.92 bits per heavy atom. The lowest BCUT2D eigenvalue weighted by atomic mass is 9.89. The molecule has 0 saturated heterocycles. The molecule has 1 aromatic rings. The molecule has 0 aromatic carbocycles. The molecule has 0 unspecified atom stereocenters. The molecular weight excluding hydrogens is 338 g/mol. The second-order valence-corrected chi connectivity index (χ2v) is 8.31. The number of hydrogen-bond donors (Lipinski definition) is 2. The summed E-state index contributed by atoms with van der Waals surface area (Å²) < 4.78 is 9.49. The number of rotatable bonds is 5. The minimum Gasteiger partial charge on any atom is -0.444 e. The van der Waals surface area contributed by atoms with Crippen molar-refractivity contribution in [1.82, 2.24) is 9.69 Å². The molecule has 25 heavy (non-hydrogen) atoms. The Labute approximate surface area is 153 Å². The van der Waals surface area contributed by atoms with Gasteiger partial charge < -0.3 is 10.1 Å². The van der Waals surface area contributed by atoms with Gasteiger partial charge >= 0.3 is 6.09 Å². The summed E-state index contributed by atoms with van der Waals surface area (Å²) in [5.41, 5.74) is 0.184. The van der Waals surface area contributed by atoms with Gasteiger partial charge in [0.1, 0.15) is 10.5 Å². The number of anilines is 1. The van der Waals surface area contributed by atoms with Crippen LogP contribution in [0.2, 0.25) is 0 Å². The van der Waals surface area contributed by atoms with Crippen LogP contribution >= 0.6 is 11.5 Å². The monoisotopic (exact) mass is 367 g/mol. The minimum atomic E-state index is -0.577. The average Bonchev–Trinajstić information content (AvgIpc) is 2.94. The van der Waals surface area contributed by atoms with Crippen LogP contribution in [0.4, 0.5) is 10.6 Å². The van der Waals surface area contributed by atoms with Crippen molar-refractivity contribution >= 4 is 29.4 Å². The first-order valence-electron chi connectivity index (χ1n) is 9.07. The van der Waals surface area contributed by atoms with Crippen LogP contribution in [0.5, 0.6) is 0 Å². The molecule has 7 heteroatoms. The van der Waals surface area contributed by atoms with E-state index in [1.165, 1.54) is 32.1 Å². The standard InChI is InChI=1S/C18H29N3O3S/c1-5-13-14(16(22)19-11-12-9-7-6-8-10-12)25-21-15(13)20-17(23)24-18(2,3)4/h12H,5-11H2,1-4H3,(H,19,22)(H,20,21,23). The van der Waals surface area contributed by atoms with Crippen molar-refractivity contribution in [1.29, 1.82) is 0 Å². The van der Waals surface area contributed by atoms with E-state index in [1.54, 1.807) is 20.8 Å². The van der Waals surface area contributed by atoms with Crippen LogP contribution in [0.15, 0.2) is 0 Å². The molecule has 1 fully saturated rings. The molecule has 1 aromatic heterocycles. The molecule has 1 heterocycles. The third-order valence-electron chi connectivity index (χ3n) is 4.24. The number of amides is 2. The van der Waals surface area contributed by atoms with Gasteiger partial charge in [0.15, 0.2) is 5.82 Å². The highest BCUT2D eigenvalue weighted by Crippen LogP contribution is 2.26. The van der Waals surface area contributed by atoms with E-state index in [4.69, 9.17) is 4.74 Å². The van der Waals surface area contributed by atoms with E-state index in [1.807, 2.05) is 6.92 Å². The van der Waals surface area contributed by atoms with E-state index in [-0.39, 0.29) is 5.91 Å². The van der Waals surface area contributed by atoms with Crippen LogP contribution in [0.1, 0.15) is 75.0 Å². The Morgan fingerprint density at radius 3 is 2.52 bits per heavy atom. The summed E-state index contributed by atoms with van der Waals surface area (Å²) >= 11 is 1.12. The fourth-order valence-corrected chi connectivity index (χ4v) is 3.87. The maximum Gasteiger partial charge on any atom is 0.413 e. The molecule has 2 N–H and O–H groups in total. The summed E-state index contributed by atoms with van der Waals surface area (Å²) in [4.78, 5) is 25.0. The van der Waals surface area contributed by atoms with Crippen molar-refractivity contribution in [3.63, 3.8) is 0 Å². The largest absolute Gasteiger partial charge is 0.444 e. The van der Waals surface area contributed by atoms with E-state index in [0.29, 0.717) is 29.6 Å². The minimum absolute atomic E-state index is 0.0998. The summed E-state index contributed by atoms with van der Waals surface area (Å²) in [6.45, 7) is 8.08. The summed E-state index contributed by atoms with van der Waals surface area (Å²) in [5.74, 6) is 0.900. The number of carbonyl (C=O) groups is 2. The Hall–Kier alpha value is -1.63. The summed E-state index contributed by atoms with van der Waals surface area (Å²) in [6.07, 6.45) is 6.26. The summed E-state index contributed by atoms with van der Waals surface area (Å²) in [5, 5.41) is 5.69. The molecule has 1 saturated carbocycles. The van der Waals surface area contributed by atoms with Crippen molar-refractivity contribution in [2.75, 3.05) is 11.9 Å². The van der Waals surface area contributed by atoms with Crippen LogP contribution in [0.25, 0.3) is 0 Å². The van der Waals surface area contributed by atoms with Gasteiger partial charge in [-0.1, -0.05) is 26.2 Å². The fraction of sp³-hybridized carbons (Fsp3) is 0.722. The Morgan fingerprint density at radius 1 is 1.24 bits per heavy atom. The van der Waals surface area contributed by atoms with E-state index in [0.717, 1.165) is 17.1 Å². The van der Waals surface area contributed by atoms with Gasteiger partial charge in [-0.3, -0.25) is 10.1 Å². The highest BCUT2D eigenvalue weighted by atomic mass is 32.1. The first kappa shape index (κ1) is 19.7. The molecule has 2 amide bonds. The van der Waals surface area contributed by atoms with Crippen LogP contribution in [-0.2, 0) is 11.2 Å². The van der Waals surface area contributed by atoms with Crippen LogP contribution in [-0.4, -0.2) is 28.5 Å². The predicted octanol–water partition coefficient (Wildman–Crippen LogP) is 4.36. The fourth-order valence-electron chi connectivity index (χ4n) is 3.02. The highest BCUT2D eigenvalue weighted by molar-refractivity contribution is 7.08. The molecule has 6 nitrogen and oxygen atoms in total. The number of nitrogens with one attached hydrogen (secondary N) is 2. The van der Waals surface area contributed by atoms with Crippen molar-refractivity contribution in [3.8, 4) is 0 Å². The van der Waals surface area contributed by atoms with Crippen molar-refractivity contribution in [3.05, 3.63) is 10.4 Å². The van der Waals surface area contributed by atoms with E-state index >= 15 is 0 Å². The molecule has 140 valence electrons. The third-order valence-corrected chi connectivity index (χ3v) is 5.13. The van der Waals surface area contributed by atoms with E-state index < -0.39 is 11.7 Å². The lowest BCUT2D eigenvalue weighted by Crippen LogP contribution is -2.30. The van der Waals surface area contributed by atoms with Crippen molar-refractivity contribution in [2.24, 2.45) is 5.92 Å². The second kappa shape index (κ2) is 8.65. The molecule has 1 aliphatic carbocycles. The van der Waals surface area contributed by atoms with Gasteiger partial charge in [-0.25, -0.2) is 4.79 Å². The normalized spacial score (nSPS) is 15.7. The highest BCUT2D eigenvalue weighted by Gasteiger charge is 2.23. The smallest absolute Gasteiger partial charge is 0.413 e. The molecule has 2 rings (SSSR count). The van der Waals surface area contributed by atoms with Gasteiger partial charge in [-0.2, -0.15) is 4.37 Å². The Bertz CT molecular complexity index is 601. The quantitative estimate of drug-likeness (QED) is 0.810. The van der Waals surface area contributed by atoms with Crippen molar-refractivity contribution in [2.45, 2.75) is 71.8 Å². The number of nitrogens with zero attached hydrogens (tertiary/aromatic N) is 1. The van der Waals surface area contributed by atoms with Crippen molar-refractivity contribution < 1.29 is 14.3 Å². The second-order valence-electron chi connectivity index (χ2n) is 7.53. The molecule has 1 aliphatic rings. The average molecular weight is 368 g/mol. The van der Waals surface area contributed by atoms with Gasteiger partial charge in [0.05, 0.1) is 0 Å². The Balaban J connectivity index is 1.97. The zero-order valence-corrected chi connectivity index (χ0v) is 16.4. The van der Waals surface area contributed by atoms with Crippen LogP contribution < -0.4 is 10.6 Å². The number of carbonyl (C=O) groups excluding carboxylic acids is 2. The van der Waals surface area contributed by atoms with Gasteiger partial charge in [0.2, 0.25) is 0 Å². The molecule has 0 aliphatic heterocycles. The lowest BCUT2D eigenvalue weighted by Gasteiger charge is -2.21. The summed E-state index contributed by atoms with van der Waals surface area (Å²) in [6, 6.07) is 0. The van der Waals surface area contributed by atoms with E-state index in [9.17, 15) is 9.59 Å². The maximum absolute atomic E-state index is 12.5. The van der Waals surface area contributed by atoms with E-state index in [2.05, 4.69) is 15.0 Å². The maximum atomic E-state index is 12.5. The van der Waals surface area contributed by atoms with Crippen LogP contribution in [0, 0.1) is 5.92 Å². The zero-order valence-electron chi connectivity index (χ0n) is 15.6. The Kier molecular flexibility index (Phi) is 6.81. The SMILES string of the molecule is CCc1c(NC(=O)OC(C)(C)C)nsc1C(=O)NCC1CCCCC1. The molecule has 0 atom stereocenters. The molecule has 0 bridgehead atoms. The van der Waals surface area contributed by atoms with Gasteiger partial charge in [-0.05, 0) is 57.5 Å². The topological polar surface area (TPSA) is 80.3 Å². The number of aromatic nitrogens is 1. The molecule has 0 spiro atoms. The first-order valence-corrected chi connectivity index (χ1v) is 9.84. The van der Waals surface area contributed by atoms with Gasteiger partial charge in [0, 0.05) is 12.1 Å².